The Bertz CT molecular complexity index is 2080. The van der Waals surface area contributed by atoms with Crippen LogP contribution in [-0.4, -0.2) is 82.1 Å². The first-order chi connectivity index (χ1) is 26.8. The van der Waals surface area contributed by atoms with E-state index >= 15 is 0 Å². The Morgan fingerprint density at radius 1 is 0.891 bits per heavy atom. The third kappa shape index (κ3) is 8.58. The summed E-state index contributed by atoms with van der Waals surface area (Å²) in [5, 5.41) is 5.54. The van der Waals surface area contributed by atoms with Gasteiger partial charge in [-0.15, -0.1) is 0 Å². The lowest BCUT2D eigenvalue weighted by molar-refractivity contribution is -0.189. The third-order valence-electron chi connectivity index (χ3n) is 10.8. The van der Waals surface area contributed by atoms with E-state index < -0.39 is 5.79 Å². The van der Waals surface area contributed by atoms with Crippen molar-refractivity contribution < 1.29 is 18.9 Å². The molecule has 0 spiro atoms. The average Bonchev–Trinajstić information content (AvgIpc) is 3.94. The zero-order chi connectivity index (χ0) is 37.8. The molecule has 0 amide bonds. The second kappa shape index (κ2) is 16.8. The van der Waals surface area contributed by atoms with Crippen molar-refractivity contribution in [3.8, 4) is 11.4 Å². The predicted octanol–water partition coefficient (Wildman–Crippen LogP) is 6.87. The number of nitrogens with zero attached hydrogens (tertiary/aromatic N) is 7. The molecule has 3 aliphatic rings. The molecule has 3 fully saturated rings. The second-order valence-corrected chi connectivity index (χ2v) is 15.3. The van der Waals surface area contributed by atoms with Crippen molar-refractivity contribution in [1.82, 2.24) is 23.9 Å². The van der Waals surface area contributed by atoms with Crippen LogP contribution in [0.4, 0.5) is 11.4 Å². The van der Waals surface area contributed by atoms with E-state index in [0.29, 0.717) is 60.4 Å². The van der Waals surface area contributed by atoms with Crippen molar-refractivity contribution in [3.63, 3.8) is 0 Å². The fraction of sp³-hybridized carbons (Fsp3) is 0.439. The van der Waals surface area contributed by atoms with E-state index in [4.69, 9.17) is 42.1 Å². The molecular formula is C41H47Cl2N7O5. The van der Waals surface area contributed by atoms with Gasteiger partial charge in [0.1, 0.15) is 24.3 Å². The Kier molecular flexibility index (Phi) is 11.5. The Balaban J connectivity index is 0.822. The SMILES string of the molecule is Cc1nn(CCOC2CCCCC2)c(=O)n1-c1ccc(N2CCN(c3ccc(OC[C@@H]4CO[C@@](Cn5ccnc5)(c5ccc(Cl)cc5Cl)O4)cc3)CC2)cc1. The molecule has 4 heterocycles. The van der Waals surface area contributed by atoms with Crippen molar-refractivity contribution in [2.45, 2.75) is 70.1 Å². The van der Waals surface area contributed by atoms with E-state index in [-0.39, 0.29) is 11.8 Å². The maximum Gasteiger partial charge on any atom is 0.350 e. The number of halogens is 2. The van der Waals surface area contributed by atoms with Crippen LogP contribution in [0, 0.1) is 6.92 Å². The standard InChI is InChI=1S/C41H47Cl2N7O5/c1-30-45-49(23-24-52-35-5-3-2-4-6-35)40(51)50(30)34-10-8-32(9-11-34)47-19-21-48(22-20-47)33-12-14-36(15-13-33)53-26-37-27-54-41(55-37,28-46-18-17-44-29-46)38-16-7-31(42)25-39(38)43/h7-18,25,29,35,37H,2-6,19-24,26-28H2,1H3/t37-,41-/m1/s1. The number of hydrogen-bond acceptors (Lipinski definition) is 9. The molecule has 2 saturated heterocycles. The van der Waals surface area contributed by atoms with E-state index in [9.17, 15) is 4.79 Å². The first-order valence-electron chi connectivity index (χ1n) is 19.2. The van der Waals surface area contributed by atoms with E-state index in [1.54, 1.807) is 29.2 Å². The topological polar surface area (TPSA) is 101 Å². The van der Waals surface area contributed by atoms with Crippen molar-refractivity contribution >= 4 is 34.6 Å². The van der Waals surface area contributed by atoms with Crippen LogP contribution >= 0.6 is 23.2 Å². The van der Waals surface area contributed by atoms with Crippen LogP contribution in [0.1, 0.15) is 43.5 Å². The largest absolute Gasteiger partial charge is 0.491 e. The van der Waals surface area contributed by atoms with Gasteiger partial charge in [-0.25, -0.2) is 19.0 Å². The molecule has 0 bridgehead atoms. The van der Waals surface area contributed by atoms with Gasteiger partial charge < -0.3 is 33.3 Å². The van der Waals surface area contributed by atoms with E-state index in [1.807, 2.05) is 48.0 Å². The van der Waals surface area contributed by atoms with E-state index in [1.165, 1.54) is 23.9 Å². The molecule has 1 saturated carbocycles. The zero-order valence-corrected chi connectivity index (χ0v) is 32.6. The highest BCUT2D eigenvalue weighted by Crippen LogP contribution is 2.40. The summed E-state index contributed by atoms with van der Waals surface area (Å²) in [5.74, 6) is 0.330. The first-order valence-corrected chi connectivity index (χ1v) is 19.9. The Morgan fingerprint density at radius 3 is 2.25 bits per heavy atom. The lowest BCUT2D eigenvalue weighted by Crippen LogP contribution is -2.46. The molecule has 2 atom stereocenters. The second-order valence-electron chi connectivity index (χ2n) is 14.5. The van der Waals surface area contributed by atoms with Gasteiger partial charge in [0.05, 0.1) is 49.4 Å². The summed E-state index contributed by atoms with van der Waals surface area (Å²) in [5.41, 5.74) is 3.68. The number of imidazole rings is 1. The summed E-state index contributed by atoms with van der Waals surface area (Å²) in [4.78, 5) is 22.2. The fourth-order valence-corrected chi connectivity index (χ4v) is 8.40. The number of piperazine rings is 1. The van der Waals surface area contributed by atoms with Crippen molar-refractivity contribution in [1.29, 1.82) is 0 Å². The van der Waals surface area contributed by atoms with Gasteiger partial charge in [0.15, 0.2) is 0 Å². The Labute approximate surface area is 331 Å². The molecule has 2 aromatic heterocycles. The van der Waals surface area contributed by atoms with Gasteiger partial charge in [0, 0.05) is 60.5 Å². The van der Waals surface area contributed by atoms with Gasteiger partial charge in [0.2, 0.25) is 5.79 Å². The normalized spacial score (nSPS) is 20.7. The Morgan fingerprint density at radius 2 is 1.58 bits per heavy atom. The van der Waals surface area contributed by atoms with Crippen LogP contribution in [0.5, 0.6) is 5.75 Å². The van der Waals surface area contributed by atoms with Gasteiger partial charge in [-0.3, -0.25) is 0 Å². The number of rotatable bonds is 13. The van der Waals surface area contributed by atoms with Crippen LogP contribution in [0.25, 0.3) is 5.69 Å². The van der Waals surface area contributed by atoms with Crippen molar-refractivity contribution in [2.75, 3.05) is 55.8 Å². The lowest BCUT2D eigenvalue weighted by Gasteiger charge is -2.37. The van der Waals surface area contributed by atoms with Gasteiger partial charge in [-0.05, 0) is 80.4 Å². The van der Waals surface area contributed by atoms with Crippen LogP contribution in [0.3, 0.4) is 0 Å². The minimum Gasteiger partial charge on any atom is -0.491 e. The molecule has 55 heavy (non-hydrogen) atoms. The summed E-state index contributed by atoms with van der Waals surface area (Å²) < 4.78 is 30.2. The highest BCUT2D eigenvalue weighted by atomic mass is 35.5. The molecule has 14 heteroatoms. The van der Waals surface area contributed by atoms with Gasteiger partial charge in [0.25, 0.3) is 0 Å². The van der Waals surface area contributed by atoms with Crippen LogP contribution in [-0.2, 0) is 33.1 Å². The van der Waals surface area contributed by atoms with Crippen LogP contribution in [0.2, 0.25) is 10.0 Å². The fourth-order valence-electron chi connectivity index (χ4n) is 7.85. The number of anilines is 2. The van der Waals surface area contributed by atoms with Crippen LogP contribution in [0.15, 0.2) is 90.2 Å². The smallest absolute Gasteiger partial charge is 0.350 e. The predicted molar refractivity (Wildman–Crippen MR) is 213 cm³/mol. The molecule has 2 aliphatic heterocycles. The number of hydrogen-bond donors (Lipinski definition) is 0. The highest BCUT2D eigenvalue weighted by Gasteiger charge is 2.45. The van der Waals surface area contributed by atoms with Gasteiger partial charge in [-0.2, -0.15) is 5.10 Å². The van der Waals surface area contributed by atoms with Crippen LogP contribution < -0.4 is 20.2 Å². The molecule has 290 valence electrons. The monoisotopic (exact) mass is 787 g/mol. The third-order valence-corrected chi connectivity index (χ3v) is 11.3. The number of ether oxygens (including phenoxy) is 4. The molecule has 1 aliphatic carbocycles. The van der Waals surface area contributed by atoms with E-state index in [2.05, 4.69) is 44.1 Å². The summed E-state index contributed by atoms with van der Waals surface area (Å²) in [6.45, 7) is 7.42. The molecule has 0 radical (unpaired) electrons. The molecule has 0 N–H and O–H groups in total. The lowest BCUT2D eigenvalue weighted by atomic mass is 9.98. The highest BCUT2D eigenvalue weighted by molar-refractivity contribution is 6.35. The summed E-state index contributed by atoms with van der Waals surface area (Å²) in [6, 6.07) is 21.7. The summed E-state index contributed by atoms with van der Waals surface area (Å²) >= 11 is 12.8. The molecular weight excluding hydrogens is 741 g/mol. The minimum atomic E-state index is -1.10. The molecule has 0 unspecified atom stereocenters. The molecule has 12 nitrogen and oxygen atoms in total. The number of benzene rings is 3. The quantitative estimate of drug-likeness (QED) is 0.127. The van der Waals surface area contributed by atoms with Gasteiger partial charge >= 0.3 is 5.69 Å². The van der Waals surface area contributed by atoms with Crippen molar-refractivity contribution in [3.05, 3.63) is 117 Å². The van der Waals surface area contributed by atoms with Gasteiger partial charge in [-0.1, -0.05) is 48.5 Å². The Hall–Kier alpha value is -4.33. The summed E-state index contributed by atoms with van der Waals surface area (Å²) in [6.07, 6.45) is 11.3. The number of aromatic nitrogens is 5. The zero-order valence-electron chi connectivity index (χ0n) is 31.1. The maximum absolute atomic E-state index is 13.3. The summed E-state index contributed by atoms with van der Waals surface area (Å²) in [7, 11) is 0. The van der Waals surface area contributed by atoms with E-state index in [0.717, 1.165) is 61.8 Å². The molecule has 5 aromatic rings. The van der Waals surface area contributed by atoms with Crippen molar-refractivity contribution in [2.24, 2.45) is 0 Å². The number of aryl methyl sites for hydroxylation is 1. The minimum absolute atomic E-state index is 0.133. The molecule has 8 rings (SSSR count). The maximum atomic E-state index is 13.3. The average molecular weight is 789 g/mol. The molecule has 3 aromatic carbocycles. The first kappa shape index (κ1) is 37.6.